The SMILES string of the molecule is Cc1cc(C2(c3cc(C)c(O)c(C)c3)CCC(C(C)(C)C)CC2)cc(C)c1O. The van der Waals surface area contributed by atoms with Gasteiger partial charge in [-0.25, -0.2) is 0 Å². The Morgan fingerprint density at radius 2 is 1.04 bits per heavy atom. The van der Waals surface area contributed by atoms with Crippen molar-refractivity contribution >= 4 is 0 Å². The summed E-state index contributed by atoms with van der Waals surface area (Å²) in [7, 11) is 0. The van der Waals surface area contributed by atoms with Gasteiger partial charge in [0.05, 0.1) is 0 Å². The number of rotatable bonds is 2. The van der Waals surface area contributed by atoms with Crippen LogP contribution < -0.4 is 0 Å². The van der Waals surface area contributed by atoms with E-state index in [1.807, 2.05) is 27.7 Å². The van der Waals surface area contributed by atoms with E-state index >= 15 is 0 Å². The predicted octanol–water partition coefficient (Wildman–Crippen LogP) is 6.85. The lowest BCUT2D eigenvalue weighted by atomic mass is 9.59. The Morgan fingerprint density at radius 3 is 1.32 bits per heavy atom. The van der Waals surface area contributed by atoms with Crippen molar-refractivity contribution in [3.63, 3.8) is 0 Å². The molecule has 3 rings (SSSR count). The molecule has 1 saturated carbocycles. The summed E-state index contributed by atoms with van der Waals surface area (Å²) in [5.74, 6) is 1.53. The largest absolute Gasteiger partial charge is 0.507 e. The molecule has 0 aliphatic heterocycles. The molecule has 0 amide bonds. The molecule has 0 bridgehead atoms. The molecule has 0 radical (unpaired) electrons. The van der Waals surface area contributed by atoms with Gasteiger partial charge in [-0.15, -0.1) is 0 Å². The quantitative estimate of drug-likeness (QED) is 0.598. The Bertz CT molecular complexity index is 772. The van der Waals surface area contributed by atoms with Gasteiger partial charge in [-0.2, -0.15) is 0 Å². The maximum absolute atomic E-state index is 10.3. The van der Waals surface area contributed by atoms with E-state index in [1.54, 1.807) is 0 Å². The number of hydrogen-bond donors (Lipinski definition) is 2. The van der Waals surface area contributed by atoms with Crippen LogP contribution in [0.4, 0.5) is 0 Å². The molecule has 0 saturated heterocycles. The zero-order valence-corrected chi connectivity index (χ0v) is 18.6. The van der Waals surface area contributed by atoms with Crippen molar-refractivity contribution in [1.82, 2.24) is 0 Å². The molecule has 2 heteroatoms. The summed E-state index contributed by atoms with van der Waals surface area (Å²) in [6, 6.07) is 8.71. The molecule has 152 valence electrons. The molecular formula is C26H36O2. The summed E-state index contributed by atoms with van der Waals surface area (Å²) in [6.07, 6.45) is 4.59. The van der Waals surface area contributed by atoms with Crippen LogP contribution in [0.3, 0.4) is 0 Å². The second-order valence-corrected chi connectivity index (χ2v) is 10.1. The first-order valence-corrected chi connectivity index (χ1v) is 10.6. The van der Waals surface area contributed by atoms with Gasteiger partial charge < -0.3 is 10.2 Å². The van der Waals surface area contributed by atoms with Gasteiger partial charge >= 0.3 is 0 Å². The minimum atomic E-state index is -0.0613. The Labute approximate surface area is 170 Å². The summed E-state index contributed by atoms with van der Waals surface area (Å²) in [5, 5.41) is 20.6. The second-order valence-electron chi connectivity index (χ2n) is 10.1. The number of aromatic hydroxyl groups is 2. The van der Waals surface area contributed by atoms with E-state index in [0.717, 1.165) is 41.0 Å². The average molecular weight is 381 g/mol. The normalized spacial score (nSPS) is 17.7. The van der Waals surface area contributed by atoms with Crippen LogP contribution in [0.1, 0.15) is 79.8 Å². The van der Waals surface area contributed by atoms with Crippen LogP contribution in [0.2, 0.25) is 0 Å². The van der Waals surface area contributed by atoms with E-state index < -0.39 is 0 Å². The van der Waals surface area contributed by atoms with E-state index in [-0.39, 0.29) is 5.41 Å². The van der Waals surface area contributed by atoms with Crippen LogP contribution >= 0.6 is 0 Å². The van der Waals surface area contributed by atoms with Crippen LogP contribution in [0.5, 0.6) is 11.5 Å². The first-order chi connectivity index (χ1) is 13.0. The van der Waals surface area contributed by atoms with Crippen molar-refractivity contribution in [3.8, 4) is 11.5 Å². The Kier molecular flexibility index (Phi) is 5.29. The van der Waals surface area contributed by atoms with Crippen LogP contribution in [0, 0.1) is 39.0 Å². The number of phenolic OH excluding ortho intramolecular Hbond substituents is 2. The zero-order valence-electron chi connectivity index (χ0n) is 18.6. The van der Waals surface area contributed by atoms with Gasteiger partial charge in [0.2, 0.25) is 0 Å². The fourth-order valence-electron chi connectivity index (χ4n) is 5.19. The molecule has 0 spiro atoms. The van der Waals surface area contributed by atoms with Crippen LogP contribution in [0.15, 0.2) is 24.3 Å². The maximum atomic E-state index is 10.3. The third-order valence-electron chi connectivity index (χ3n) is 7.15. The minimum Gasteiger partial charge on any atom is -0.507 e. The molecule has 0 aromatic heterocycles. The summed E-state index contributed by atoms with van der Waals surface area (Å²) in [5.41, 5.74) is 6.65. The summed E-state index contributed by atoms with van der Waals surface area (Å²) < 4.78 is 0. The van der Waals surface area contributed by atoms with Crippen molar-refractivity contribution in [1.29, 1.82) is 0 Å². The van der Waals surface area contributed by atoms with E-state index in [0.29, 0.717) is 16.9 Å². The Hall–Kier alpha value is -1.96. The van der Waals surface area contributed by atoms with Gasteiger partial charge in [0.15, 0.2) is 0 Å². The standard InChI is InChI=1S/C26H36O2/c1-16-12-21(13-17(2)23(16)27)26(10-8-20(9-11-26)25(5,6)7)22-14-18(3)24(28)19(4)15-22/h12-15,20,27-28H,8-11H2,1-7H3. The van der Waals surface area contributed by atoms with Crippen molar-refractivity contribution in [2.45, 2.75) is 79.6 Å². The highest BCUT2D eigenvalue weighted by Gasteiger charge is 2.41. The van der Waals surface area contributed by atoms with Gasteiger partial charge in [0.25, 0.3) is 0 Å². The zero-order chi connectivity index (χ0) is 20.9. The van der Waals surface area contributed by atoms with Crippen LogP contribution in [-0.4, -0.2) is 10.2 Å². The van der Waals surface area contributed by atoms with Crippen LogP contribution in [0.25, 0.3) is 0 Å². The molecule has 28 heavy (non-hydrogen) atoms. The molecule has 2 aromatic carbocycles. The lowest BCUT2D eigenvalue weighted by molar-refractivity contribution is 0.146. The Morgan fingerprint density at radius 1 is 0.714 bits per heavy atom. The molecule has 2 aromatic rings. The number of aryl methyl sites for hydroxylation is 4. The topological polar surface area (TPSA) is 40.5 Å². The van der Waals surface area contributed by atoms with E-state index in [1.165, 1.54) is 24.0 Å². The smallest absolute Gasteiger partial charge is 0.121 e. The molecule has 2 N–H and O–H groups in total. The predicted molar refractivity (Wildman–Crippen MR) is 117 cm³/mol. The van der Waals surface area contributed by atoms with E-state index in [2.05, 4.69) is 45.0 Å². The first kappa shape index (κ1) is 20.8. The Balaban J connectivity index is 2.16. The second kappa shape index (κ2) is 7.13. The number of hydrogen-bond acceptors (Lipinski definition) is 2. The summed E-state index contributed by atoms with van der Waals surface area (Å²) in [6.45, 7) is 15.0. The average Bonchev–Trinajstić information content (AvgIpc) is 2.62. The summed E-state index contributed by atoms with van der Waals surface area (Å²) in [4.78, 5) is 0. The van der Waals surface area contributed by atoms with Gasteiger partial charge in [-0.05, 0) is 98.1 Å². The van der Waals surface area contributed by atoms with Gasteiger partial charge in [-0.1, -0.05) is 45.0 Å². The summed E-state index contributed by atoms with van der Waals surface area (Å²) >= 11 is 0. The van der Waals surface area contributed by atoms with Gasteiger partial charge in [0, 0.05) is 5.41 Å². The molecule has 1 fully saturated rings. The maximum Gasteiger partial charge on any atom is 0.121 e. The molecule has 1 aliphatic rings. The first-order valence-electron chi connectivity index (χ1n) is 10.6. The third-order valence-corrected chi connectivity index (χ3v) is 7.15. The van der Waals surface area contributed by atoms with Gasteiger partial charge in [-0.3, -0.25) is 0 Å². The molecule has 2 nitrogen and oxygen atoms in total. The lowest BCUT2D eigenvalue weighted by Crippen LogP contribution is -2.37. The van der Waals surface area contributed by atoms with Crippen molar-refractivity contribution in [3.05, 3.63) is 57.6 Å². The highest BCUT2D eigenvalue weighted by atomic mass is 16.3. The molecule has 0 heterocycles. The van der Waals surface area contributed by atoms with Crippen molar-refractivity contribution < 1.29 is 10.2 Å². The van der Waals surface area contributed by atoms with Crippen LogP contribution in [-0.2, 0) is 5.41 Å². The lowest BCUT2D eigenvalue weighted by Gasteiger charge is -2.45. The highest BCUT2D eigenvalue weighted by molar-refractivity contribution is 5.52. The monoisotopic (exact) mass is 380 g/mol. The van der Waals surface area contributed by atoms with Crippen molar-refractivity contribution in [2.75, 3.05) is 0 Å². The minimum absolute atomic E-state index is 0.0613. The molecule has 0 atom stereocenters. The fourth-order valence-corrected chi connectivity index (χ4v) is 5.19. The number of phenols is 2. The van der Waals surface area contributed by atoms with E-state index in [9.17, 15) is 10.2 Å². The molecule has 0 unspecified atom stereocenters. The molecular weight excluding hydrogens is 344 g/mol. The van der Waals surface area contributed by atoms with Crippen molar-refractivity contribution in [2.24, 2.45) is 11.3 Å². The fraction of sp³-hybridized carbons (Fsp3) is 0.538. The van der Waals surface area contributed by atoms with E-state index in [4.69, 9.17) is 0 Å². The van der Waals surface area contributed by atoms with Gasteiger partial charge in [0.1, 0.15) is 11.5 Å². The third kappa shape index (κ3) is 3.54. The number of benzene rings is 2. The highest BCUT2D eigenvalue weighted by Crippen LogP contribution is 2.51. The molecule has 1 aliphatic carbocycles.